The highest BCUT2D eigenvalue weighted by Crippen LogP contribution is 2.30. The predicted molar refractivity (Wildman–Crippen MR) is 88.6 cm³/mol. The van der Waals surface area contributed by atoms with Crippen molar-refractivity contribution in [1.82, 2.24) is 0 Å². The molecular weight excluding hydrogens is 260 g/mol. The number of carbonyl (C=O) groups is 1. The fraction of sp³-hybridized carbons (Fsp3) is 0.632. The molecule has 0 aliphatic heterocycles. The van der Waals surface area contributed by atoms with E-state index in [0.29, 0.717) is 6.42 Å². The van der Waals surface area contributed by atoms with Crippen molar-refractivity contribution in [3.8, 4) is 0 Å². The Labute approximate surface area is 129 Å². The Morgan fingerprint density at radius 1 is 1.05 bits per heavy atom. The normalized spacial score (nSPS) is 15.6. The molecular formula is C19H30O2. The Kier molecular flexibility index (Phi) is 5.05. The summed E-state index contributed by atoms with van der Waals surface area (Å²) in [6, 6.07) is 7.66. The van der Waals surface area contributed by atoms with E-state index < -0.39 is 5.60 Å². The summed E-state index contributed by atoms with van der Waals surface area (Å²) in [6.07, 6.45) is 1.28. The lowest BCUT2D eigenvalue weighted by Gasteiger charge is -2.31. The van der Waals surface area contributed by atoms with Gasteiger partial charge in [-0.25, -0.2) is 0 Å². The quantitative estimate of drug-likeness (QED) is 0.820. The summed E-state index contributed by atoms with van der Waals surface area (Å²) in [5, 5.41) is 10.6. The van der Waals surface area contributed by atoms with Gasteiger partial charge in [0, 0.05) is 17.4 Å². The van der Waals surface area contributed by atoms with Crippen molar-refractivity contribution in [2.24, 2.45) is 10.8 Å². The third-order valence-corrected chi connectivity index (χ3v) is 3.37. The maximum absolute atomic E-state index is 12.4. The average Bonchev–Trinajstić information content (AvgIpc) is 2.22. The van der Waals surface area contributed by atoms with Crippen molar-refractivity contribution in [3.63, 3.8) is 0 Å². The van der Waals surface area contributed by atoms with Gasteiger partial charge in [-0.3, -0.25) is 4.79 Å². The number of aliphatic hydroxyl groups is 1. The highest BCUT2D eigenvalue weighted by molar-refractivity contribution is 5.99. The largest absolute Gasteiger partial charge is 0.390 e. The highest BCUT2D eigenvalue weighted by atomic mass is 16.3. The van der Waals surface area contributed by atoms with Gasteiger partial charge in [0.05, 0.1) is 5.60 Å². The van der Waals surface area contributed by atoms with Crippen molar-refractivity contribution in [2.45, 2.75) is 66.9 Å². The molecule has 1 aromatic rings. The molecule has 0 saturated carbocycles. The standard InChI is InChI=1S/C19H30O2/c1-17(2,3)13-19(7,21)12-14-9-8-10-15(11-14)16(20)18(4,5)6/h8-11,21H,12-13H2,1-7H3. The van der Waals surface area contributed by atoms with Gasteiger partial charge in [0.1, 0.15) is 0 Å². The van der Waals surface area contributed by atoms with E-state index in [-0.39, 0.29) is 16.6 Å². The predicted octanol–water partition coefficient (Wildman–Crippen LogP) is 4.65. The summed E-state index contributed by atoms with van der Waals surface area (Å²) in [5.41, 5.74) is 0.669. The van der Waals surface area contributed by atoms with Crippen molar-refractivity contribution >= 4 is 5.78 Å². The molecule has 0 radical (unpaired) electrons. The lowest BCUT2D eigenvalue weighted by atomic mass is 9.79. The molecule has 1 rings (SSSR count). The van der Waals surface area contributed by atoms with Crippen LogP contribution in [-0.4, -0.2) is 16.5 Å². The van der Waals surface area contributed by atoms with Crippen LogP contribution in [0.25, 0.3) is 0 Å². The van der Waals surface area contributed by atoms with Gasteiger partial charge in [-0.2, -0.15) is 0 Å². The van der Waals surface area contributed by atoms with Crippen LogP contribution < -0.4 is 0 Å². The third kappa shape index (κ3) is 6.01. The summed E-state index contributed by atoms with van der Waals surface area (Å²) in [7, 11) is 0. The molecule has 0 aliphatic rings. The Hall–Kier alpha value is -1.15. The van der Waals surface area contributed by atoms with E-state index in [1.807, 2.05) is 52.0 Å². The van der Waals surface area contributed by atoms with Crippen molar-refractivity contribution < 1.29 is 9.90 Å². The Morgan fingerprint density at radius 3 is 2.10 bits per heavy atom. The summed E-state index contributed by atoms with van der Waals surface area (Å²) in [5.74, 6) is 0.139. The summed E-state index contributed by atoms with van der Waals surface area (Å²) in [6.45, 7) is 14.0. The number of hydrogen-bond acceptors (Lipinski definition) is 2. The van der Waals surface area contributed by atoms with Gasteiger partial charge in [-0.15, -0.1) is 0 Å². The summed E-state index contributed by atoms with van der Waals surface area (Å²) >= 11 is 0. The minimum Gasteiger partial charge on any atom is -0.390 e. The highest BCUT2D eigenvalue weighted by Gasteiger charge is 2.28. The van der Waals surface area contributed by atoms with Crippen LogP contribution >= 0.6 is 0 Å². The number of Topliss-reactive ketones (excluding diaryl/α,β-unsaturated/α-hetero) is 1. The van der Waals surface area contributed by atoms with Crippen LogP contribution in [0.3, 0.4) is 0 Å². The molecule has 1 N–H and O–H groups in total. The SMILES string of the molecule is CC(C)(C)CC(C)(O)Cc1cccc(C(=O)C(C)(C)C)c1. The van der Waals surface area contributed by atoms with Gasteiger partial charge >= 0.3 is 0 Å². The zero-order valence-corrected chi connectivity index (χ0v) is 14.6. The van der Waals surface area contributed by atoms with Crippen LogP contribution in [0, 0.1) is 10.8 Å². The van der Waals surface area contributed by atoms with E-state index in [1.165, 1.54) is 0 Å². The number of benzene rings is 1. The molecule has 1 atom stereocenters. The number of carbonyl (C=O) groups excluding carboxylic acids is 1. The van der Waals surface area contributed by atoms with Crippen LogP contribution in [0.4, 0.5) is 0 Å². The average molecular weight is 290 g/mol. The first kappa shape index (κ1) is 17.9. The molecule has 0 aliphatic carbocycles. The van der Waals surface area contributed by atoms with Crippen molar-refractivity contribution in [3.05, 3.63) is 35.4 Å². The number of rotatable bonds is 4. The fourth-order valence-electron chi connectivity index (χ4n) is 2.90. The first-order chi connectivity index (χ1) is 9.30. The Bertz CT molecular complexity index is 499. The molecule has 0 amide bonds. The van der Waals surface area contributed by atoms with E-state index in [9.17, 15) is 9.90 Å². The summed E-state index contributed by atoms with van der Waals surface area (Å²) in [4.78, 5) is 12.4. The molecule has 0 saturated heterocycles. The van der Waals surface area contributed by atoms with Gasteiger partial charge in [-0.05, 0) is 30.4 Å². The van der Waals surface area contributed by atoms with Crippen LogP contribution in [0.2, 0.25) is 0 Å². The van der Waals surface area contributed by atoms with Crippen LogP contribution in [-0.2, 0) is 6.42 Å². The van der Waals surface area contributed by atoms with E-state index in [0.717, 1.165) is 17.5 Å². The molecule has 21 heavy (non-hydrogen) atoms. The molecule has 0 bridgehead atoms. The lowest BCUT2D eigenvalue weighted by Crippen LogP contribution is -2.32. The molecule has 0 heterocycles. The van der Waals surface area contributed by atoms with E-state index in [2.05, 4.69) is 20.8 Å². The first-order valence-electron chi connectivity index (χ1n) is 7.66. The second kappa shape index (κ2) is 5.92. The van der Waals surface area contributed by atoms with E-state index in [4.69, 9.17) is 0 Å². The van der Waals surface area contributed by atoms with Gasteiger partial charge in [0.2, 0.25) is 0 Å². The van der Waals surface area contributed by atoms with E-state index in [1.54, 1.807) is 0 Å². The van der Waals surface area contributed by atoms with Crippen LogP contribution in [0.1, 0.15) is 70.8 Å². The van der Waals surface area contributed by atoms with Gasteiger partial charge in [0.25, 0.3) is 0 Å². The molecule has 118 valence electrons. The summed E-state index contributed by atoms with van der Waals surface area (Å²) < 4.78 is 0. The van der Waals surface area contributed by atoms with Crippen molar-refractivity contribution in [2.75, 3.05) is 0 Å². The number of hydrogen-bond donors (Lipinski definition) is 1. The van der Waals surface area contributed by atoms with Gasteiger partial charge < -0.3 is 5.11 Å². The smallest absolute Gasteiger partial charge is 0.168 e. The molecule has 0 fully saturated rings. The zero-order valence-electron chi connectivity index (χ0n) is 14.6. The lowest BCUT2D eigenvalue weighted by molar-refractivity contribution is 0.0195. The van der Waals surface area contributed by atoms with Crippen molar-refractivity contribution in [1.29, 1.82) is 0 Å². The van der Waals surface area contributed by atoms with Gasteiger partial charge in [-0.1, -0.05) is 59.7 Å². The topological polar surface area (TPSA) is 37.3 Å². The maximum Gasteiger partial charge on any atom is 0.168 e. The van der Waals surface area contributed by atoms with E-state index >= 15 is 0 Å². The van der Waals surface area contributed by atoms with Gasteiger partial charge in [0.15, 0.2) is 5.78 Å². The molecule has 1 aromatic carbocycles. The second-order valence-corrected chi connectivity index (χ2v) is 8.69. The minimum absolute atomic E-state index is 0.0718. The van der Waals surface area contributed by atoms with Crippen LogP contribution in [0.15, 0.2) is 24.3 Å². The molecule has 1 unspecified atom stereocenters. The molecule has 2 nitrogen and oxygen atoms in total. The first-order valence-corrected chi connectivity index (χ1v) is 7.66. The molecule has 0 spiro atoms. The maximum atomic E-state index is 12.4. The second-order valence-electron chi connectivity index (χ2n) is 8.69. The monoisotopic (exact) mass is 290 g/mol. The number of ketones is 1. The molecule has 2 heteroatoms. The third-order valence-electron chi connectivity index (χ3n) is 3.37. The minimum atomic E-state index is -0.762. The zero-order chi connectivity index (χ0) is 16.5. The Balaban J connectivity index is 2.94. The Morgan fingerprint density at radius 2 is 1.62 bits per heavy atom. The molecule has 0 aromatic heterocycles. The van der Waals surface area contributed by atoms with Crippen LogP contribution in [0.5, 0.6) is 0 Å². The fourth-order valence-corrected chi connectivity index (χ4v) is 2.90.